The quantitative estimate of drug-likeness (QED) is 0.529. The highest BCUT2D eigenvalue weighted by Crippen LogP contribution is 2.26. The number of thioether (sulfide) groups is 1. The molecule has 1 aromatic heterocycles. The molecule has 144 valence electrons. The molecule has 2 aromatic carbocycles. The number of amides is 1. The van der Waals surface area contributed by atoms with Crippen LogP contribution in [0.3, 0.4) is 0 Å². The minimum Gasteiger partial charge on any atom is -0.325 e. The number of carbonyl (C=O) groups excluding carboxylic acids is 1. The number of aromatic nitrogens is 3. The van der Waals surface area contributed by atoms with E-state index in [2.05, 4.69) is 36.4 Å². The first kappa shape index (κ1) is 20.3. The average molecular weight is 459 g/mol. The number of benzene rings is 2. The van der Waals surface area contributed by atoms with Gasteiger partial charge in [-0.3, -0.25) is 14.6 Å². The van der Waals surface area contributed by atoms with Crippen molar-refractivity contribution in [1.82, 2.24) is 15.2 Å². The van der Waals surface area contributed by atoms with Crippen LogP contribution in [0.25, 0.3) is 11.3 Å². The van der Waals surface area contributed by atoms with Gasteiger partial charge in [0.2, 0.25) is 5.91 Å². The predicted octanol–water partition coefficient (Wildman–Crippen LogP) is 4.54. The Hall–Kier alpha value is -2.45. The molecule has 0 spiro atoms. The van der Waals surface area contributed by atoms with Gasteiger partial charge in [0.15, 0.2) is 10.9 Å². The Morgan fingerprint density at radius 3 is 2.75 bits per heavy atom. The summed E-state index contributed by atoms with van der Waals surface area (Å²) >= 11 is 4.85. The van der Waals surface area contributed by atoms with Crippen LogP contribution in [-0.4, -0.2) is 21.1 Å². The summed E-state index contributed by atoms with van der Waals surface area (Å²) in [5.41, 5.74) is 3.00. The van der Waals surface area contributed by atoms with E-state index in [9.17, 15) is 9.59 Å². The van der Waals surface area contributed by atoms with E-state index in [0.29, 0.717) is 28.6 Å². The van der Waals surface area contributed by atoms with E-state index < -0.39 is 0 Å². The van der Waals surface area contributed by atoms with Gasteiger partial charge in [-0.25, -0.2) is 0 Å². The van der Waals surface area contributed by atoms with Gasteiger partial charge < -0.3 is 5.32 Å². The second-order valence-electron chi connectivity index (χ2n) is 6.18. The molecule has 0 radical (unpaired) electrons. The zero-order valence-electron chi connectivity index (χ0n) is 15.5. The van der Waals surface area contributed by atoms with Gasteiger partial charge in [-0.1, -0.05) is 58.4 Å². The topological polar surface area (TPSA) is 87.7 Å². The molecule has 28 heavy (non-hydrogen) atoms. The van der Waals surface area contributed by atoms with Gasteiger partial charge in [-0.05, 0) is 36.8 Å². The molecule has 3 rings (SSSR count). The monoisotopic (exact) mass is 458 g/mol. The average Bonchev–Trinajstić information content (AvgIpc) is 2.68. The lowest BCUT2D eigenvalue weighted by molar-refractivity contribution is -0.115. The fourth-order valence-corrected chi connectivity index (χ4v) is 3.74. The number of aromatic amines is 1. The molecule has 0 aliphatic rings. The first-order chi connectivity index (χ1) is 13.5. The summed E-state index contributed by atoms with van der Waals surface area (Å²) < 4.78 is 1.00. The van der Waals surface area contributed by atoms with Crippen molar-refractivity contribution in [2.24, 2.45) is 0 Å². The van der Waals surface area contributed by atoms with Crippen molar-refractivity contribution >= 4 is 39.3 Å². The van der Waals surface area contributed by atoms with Crippen LogP contribution in [0.4, 0.5) is 5.69 Å². The summed E-state index contributed by atoms with van der Waals surface area (Å²) in [6, 6.07) is 13.4. The van der Waals surface area contributed by atoms with Crippen molar-refractivity contribution < 1.29 is 4.79 Å². The Labute approximate surface area is 175 Å². The molecule has 0 aliphatic heterocycles. The maximum absolute atomic E-state index is 12.6. The number of rotatable bonds is 6. The molecule has 0 saturated heterocycles. The molecule has 0 fully saturated rings. The van der Waals surface area contributed by atoms with Gasteiger partial charge in [0.25, 0.3) is 5.56 Å². The molecule has 6 nitrogen and oxygen atoms in total. The van der Waals surface area contributed by atoms with Gasteiger partial charge in [-0.15, -0.1) is 10.2 Å². The van der Waals surface area contributed by atoms with Gasteiger partial charge in [0.1, 0.15) is 0 Å². The molecule has 0 bridgehead atoms. The number of halogens is 1. The zero-order valence-corrected chi connectivity index (χ0v) is 17.9. The molecule has 8 heteroatoms. The third kappa shape index (κ3) is 5.08. The summed E-state index contributed by atoms with van der Waals surface area (Å²) in [6.07, 6.45) is 0.348. The second-order valence-corrected chi connectivity index (χ2v) is 8.06. The van der Waals surface area contributed by atoms with Crippen LogP contribution in [0.5, 0.6) is 0 Å². The lowest BCUT2D eigenvalue weighted by Gasteiger charge is -2.11. The van der Waals surface area contributed by atoms with Crippen LogP contribution < -0.4 is 10.9 Å². The number of aryl methyl sites for hydroxylation is 1. The van der Waals surface area contributed by atoms with Crippen LogP contribution in [-0.2, 0) is 10.5 Å². The van der Waals surface area contributed by atoms with Crippen molar-refractivity contribution in [3.05, 3.63) is 68.4 Å². The second kappa shape index (κ2) is 9.16. The summed E-state index contributed by atoms with van der Waals surface area (Å²) in [5, 5.41) is 11.5. The number of hydrogen-bond donors (Lipinski definition) is 2. The molecule has 0 atom stereocenters. The Bertz CT molecular complexity index is 1070. The fourth-order valence-electron chi connectivity index (χ4n) is 2.54. The third-order valence-electron chi connectivity index (χ3n) is 3.97. The highest BCUT2D eigenvalue weighted by molar-refractivity contribution is 9.10. The van der Waals surface area contributed by atoms with Crippen molar-refractivity contribution in [2.45, 2.75) is 31.2 Å². The molecular formula is C20H19BrN4O2S. The van der Waals surface area contributed by atoms with Crippen LogP contribution in [0.15, 0.2) is 56.9 Å². The SMILES string of the molecule is CCC(=O)Nc1ccc(C)cc1-c1nnc(SCc2cccc(Br)c2)[nH]c1=O. The van der Waals surface area contributed by atoms with Gasteiger partial charge >= 0.3 is 0 Å². The lowest BCUT2D eigenvalue weighted by Crippen LogP contribution is -2.16. The summed E-state index contributed by atoms with van der Waals surface area (Å²) in [6.45, 7) is 3.69. The standard InChI is InChI=1S/C20H19BrN4O2S/c1-3-17(26)22-16-8-7-12(2)9-15(16)18-19(27)23-20(25-24-18)28-11-13-5-4-6-14(21)10-13/h4-10H,3,11H2,1-2H3,(H,22,26)(H,23,25,27). The normalized spacial score (nSPS) is 10.7. The maximum Gasteiger partial charge on any atom is 0.278 e. The molecule has 1 heterocycles. The molecular weight excluding hydrogens is 440 g/mol. The van der Waals surface area contributed by atoms with Crippen molar-refractivity contribution in [3.63, 3.8) is 0 Å². The van der Waals surface area contributed by atoms with Crippen LogP contribution in [0.1, 0.15) is 24.5 Å². The molecule has 0 aliphatic carbocycles. The van der Waals surface area contributed by atoms with E-state index in [1.165, 1.54) is 11.8 Å². The number of anilines is 1. The third-order valence-corrected chi connectivity index (χ3v) is 5.39. The fraction of sp³-hybridized carbons (Fsp3) is 0.200. The Balaban J connectivity index is 1.85. The molecule has 0 unspecified atom stereocenters. The Morgan fingerprint density at radius 2 is 2.04 bits per heavy atom. The first-order valence-electron chi connectivity index (χ1n) is 8.71. The number of nitrogens with one attached hydrogen (secondary N) is 2. The number of hydrogen-bond acceptors (Lipinski definition) is 5. The van der Waals surface area contributed by atoms with Crippen molar-refractivity contribution in [3.8, 4) is 11.3 Å². The molecule has 0 saturated carbocycles. The zero-order chi connectivity index (χ0) is 20.1. The highest BCUT2D eigenvalue weighted by atomic mass is 79.9. The van der Waals surface area contributed by atoms with Crippen molar-refractivity contribution in [1.29, 1.82) is 0 Å². The van der Waals surface area contributed by atoms with Crippen molar-refractivity contribution in [2.75, 3.05) is 5.32 Å². The molecule has 1 amide bonds. The number of H-pyrrole nitrogens is 1. The summed E-state index contributed by atoms with van der Waals surface area (Å²) in [4.78, 5) is 27.2. The van der Waals surface area contributed by atoms with Gasteiger partial charge in [-0.2, -0.15) is 0 Å². The first-order valence-corrected chi connectivity index (χ1v) is 10.5. The Kier molecular flexibility index (Phi) is 6.64. The van der Waals surface area contributed by atoms with Crippen LogP contribution >= 0.6 is 27.7 Å². The molecule has 3 aromatic rings. The predicted molar refractivity (Wildman–Crippen MR) is 115 cm³/mol. The summed E-state index contributed by atoms with van der Waals surface area (Å²) in [7, 11) is 0. The van der Waals surface area contributed by atoms with E-state index in [4.69, 9.17) is 0 Å². The molecule has 2 N–H and O–H groups in total. The maximum atomic E-state index is 12.6. The number of nitrogens with zero attached hydrogens (tertiary/aromatic N) is 2. The van der Waals surface area contributed by atoms with E-state index in [0.717, 1.165) is 15.6 Å². The van der Waals surface area contributed by atoms with Crippen LogP contribution in [0.2, 0.25) is 0 Å². The number of carbonyl (C=O) groups is 1. The van der Waals surface area contributed by atoms with E-state index in [1.807, 2.05) is 43.3 Å². The smallest absolute Gasteiger partial charge is 0.278 e. The van der Waals surface area contributed by atoms with E-state index in [-0.39, 0.29) is 17.2 Å². The van der Waals surface area contributed by atoms with Gasteiger partial charge in [0.05, 0.1) is 5.69 Å². The largest absolute Gasteiger partial charge is 0.325 e. The summed E-state index contributed by atoms with van der Waals surface area (Å²) in [5.74, 6) is 0.529. The highest BCUT2D eigenvalue weighted by Gasteiger charge is 2.14. The Morgan fingerprint density at radius 1 is 1.21 bits per heavy atom. The lowest BCUT2D eigenvalue weighted by atomic mass is 10.1. The van der Waals surface area contributed by atoms with Gasteiger partial charge in [0, 0.05) is 22.2 Å². The van der Waals surface area contributed by atoms with Crippen LogP contribution in [0, 0.1) is 6.92 Å². The minimum atomic E-state index is -0.343. The van der Waals surface area contributed by atoms with E-state index in [1.54, 1.807) is 13.0 Å². The van der Waals surface area contributed by atoms with E-state index >= 15 is 0 Å². The minimum absolute atomic E-state index is 0.129.